The Hall–Kier alpha value is -1.66. The number of hydrogen-bond donors (Lipinski definition) is 0. The Morgan fingerprint density at radius 2 is 2.08 bits per heavy atom. The van der Waals surface area contributed by atoms with E-state index in [9.17, 15) is 4.79 Å². The van der Waals surface area contributed by atoms with Gasteiger partial charge in [0, 0.05) is 0 Å². The zero-order chi connectivity index (χ0) is 9.36. The predicted molar refractivity (Wildman–Crippen MR) is 53.1 cm³/mol. The van der Waals surface area contributed by atoms with E-state index >= 15 is 0 Å². The molecular formula is C11H11NO. The van der Waals surface area contributed by atoms with Crippen LogP contribution in [0.15, 0.2) is 41.4 Å². The maximum absolute atomic E-state index is 9.72. The van der Waals surface area contributed by atoms with Crippen LogP contribution in [0.5, 0.6) is 0 Å². The summed E-state index contributed by atoms with van der Waals surface area (Å²) >= 11 is 0. The average molecular weight is 173 g/mol. The minimum Gasteiger partial charge on any atom is -0.211 e. The largest absolute Gasteiger partial charge is 0.234 e. The summed E-state index contributed by atoms with van der Waals surface area (Å²) in [6.07, 6.45) is 6.30. The third-order valence-corrected chi connectivity index (χ3v) is 1.58. The average Bonchev–Trinajstić information content (AvgIpc) is 2.19. The molecule has 0 fully saturated rings. The quantitative estimate of drug-likeness (QED) is 0.390. The highest BCUT2D eigenvalue weighted by Crippen LogP contribution is 2.01. The van der Waals surface area contributed by atoms with Gasteiger partial charge in [-0.1, -0.05) is 42.5 Å². The first-order chi connectivity index (χ1) is 6.43. The molecule has 0 atom stereocenters. The summed E-state index contributed by atoms with van der Waals surface area (Å²) in [7, 11) is 0. The summed E-state index contributed by atoms with van der Waals surface area (Å²) < 4.78 is 0. The van der Waals surface area contributed by atoms with Crippen molar-refractivity contribution in [2.45, 2.75) is 6.42 Å². The number of hydrogen-bond acceptors (Lipinski definition) is 2. The van der Waals surface area contributed by atoms with Crippen LogP contribution in [0.3, 0.4) is 0 Å². The first-order valence-electron chi connectivity index (χ1n) is 4.18. The van der Waals surface area contributed by atoms with Crippen LogP contribution in [0.4, 0.5) is 0 Å². The fraction of sp³-hybridized carbons (Fsp3) is 0.182. The second-order valence-electron chi connectivity index (χ2n) is 2.57. The summed E-state index contributed by atoms with van der Waals surface area (Å²) in [4.78, 5) is 13.2. The first kappa shape index (κ1) is 9.43. The molecule has 0 aromatic heterocycles. The Morgan fingerprint density at radius 3 is 2.77 bits per heavy atom. The van der Waals surface area contributed by atoms with Crippen molar-refractivity contribution in [2.24, 2.45) is 4.99 Å². The van der Waals surface area contributed by atoms with Crippen molar-refractivity contribution in [1.29, 1.82) is 0 Å². The van der Waals surface area contributed by atoms with E-state index in [-0.39, 0.29) is 0 Å². The van der Waals surface area contributed by atoms with E-state index in [1.807, 2.05) is 42.5 Å². The van der Waals surface area contributed by atoms with Gasteiger partial charge in [-0.2, -0.15) is 0 Å². The molecule has 0 heterocycles. The summed E-state index contributed by atoms with van der Waals surface area (Å²) in [5, 5.41) is 0. The van der Waals surface area contributed by atoms with E-state index in [0.29, 0.717) is 6.54 Å². The van der Waals surface area contributed by atoms with Crippen molar-refractivity contribution < 1.29 is 4.79 Å². The van der Waals surface area contributed by atoms with E-state index in [0.717, 1.165) is 12.0 Å². The van der Waals surface area contributed by atoms with Gasteiger partial charge in [0.05, 0.1) is 6.54 Å². The molecule has 0 N–H and O–H groups in total. The zero-order valence-electron chi connectivity index (χ0n) is 7.31. The fourth-order valence-corrected chi connectivity index (χ4v) is 0.968. The van der Waals surface area contributed by atoms with Crippen molar-refractivity contribution in [3.63, 3.8) is 0 Å². The van der Waals surface area contributed by atoms with Crippen LogP contribution < -0.4 is 0 Å². The van der Waals surface area contributed by atoms with Gasteiger partial charge in [0.1, 0.15) is 0 Å². The van der Waals surface area contributed by atoms with Gasteiger partial charge in [-0.05, 0) is 12.0 Å². The van der Waals surface area contributed by atoms with E-state index in [1.165, 1.54) is 6.08 Å². The molecule has 13 heavy (non-hydrogen) atoms. The third kappa shape index (κ3) is 4.04. The molecule has 0 spiro atoms. The molecule has 1 rings (SSSR count). The van der Waals surface area contributed by atoms with Crippen LogP contribution in [0.25, 0.3) is 6.08 Å². The van der Waals surface area contributed by atoms with Crippen LogP contribution >= 0.6 is 0 Å². The molecule has 2 nitrogen and oxygen atoms in total. The number of carbonyl (C=O) groups excluding carboxylic acids is 1. The van der Waals surface area contributed by atoms with Crippen molar-refractivity contribution in [3.05, 3.63) is 42.0 Å². The summed E-state index contributed by atoms with van der Waals surface area (Å²) in [5.41, 5.74) is 1.16. The molecule has 0 aliphatic carbocycles. The van der Waals surface area contributed by atoms with Crippen LogP contribution in [0.2, 0.25) is 0 Å². The standard InChI is InChI=1S/C11H11NO/c13-10-12-9-5-4-8-11-6-2-1-3-7-11/h1-4,6-8H,5,9H2/b8-4+. The number of aliphatic imine (C=N–C) groups is 1. The highest BCUT2D eigenvalue weighted by molar-refractivity contribution is 5.48. The summed E-state index contributed by atoms with van der Waals surface area (Å²) in [6, 6.07) is 10.0. The Morgan fingerprint density at radius 1 is 1.31 bits per heavy atom. The second kappa shape index (κ2) is 5.92. The monoisotopic (exact) mass is 173 g/mol. The lowest BCUT2D eigenvalue weighted by Crippen LogP contribution is -1.74. The maximum atomic E-state index is 9.72. The summed E-state index contributed by atoms with van der Waals surface area (Å²) in [6.45, 7) is 0.521. The van der Waals surface area contributed by atoms with E-state index in [2.05, 4.69) is 4.99 Å². The first-order valence-corrected chi connectivity index (χ1v) is 4.18. The molecule has 0 aliphatic rings. The molecule has 0 saturated carbocycles. The fourth-order valence-electron chi connectivity index (χ4n) is 0.968. The van der Waals surface area contributed by atoms with Crippen molar-refractivity contribution in [3.8, 4) is 0 Å². The lowest BCUT2D eigenvalue weighted by molar-refractivity contribution is 0.563. The minimum absolute atomic E-state index is 0.521. The van der Waals surface area contributed by atoms with Gasteiger partial charge in [0.25, 0.3) is 0 Å². The third-order valence-electron chi connectivity index (χ3n) is 1.58. The predicted octanol–water partition coefficient (Wildman–Crippen LogP) is 2.43. The molecular weight excluding hydrogens is 162 g/mol. The highest BCUT2D eigenvalue weighted by Gasteiger charge is 1.81. The lowest BCUT2D eigenvalue weighted by atomic mass is 10.2. The number of rotatable bonds is 4. The number of benzene rings is 1. The van der Waals surface area contributed by atoms with Gasteiger partial charge in [0.2, 0.25) is 6.08 Å². The van der Waals surface area contributed by atoms with Crippen LogP contribution in [-0.2, 0) is 4.79 Å². The van der Waals surface area contributed by atoms with E-state index < -0.39 is 0 Å². The van der Waals surface area contributed by atoms with Crippen LogP contribution in [0, 0.1) is 0 Å². The topological polar surface area (TPSA) is 29.4 Å². The lowest BCUT2D eigenvalue weighted by Gasteiger charge is -1.89. The van der Waals surface area contributed by atoms with Gasteiger partial charge in [0.15, 0.2) is 0 Å². The minimum atomic E-state index is 0.521. The molecule has 66 valence electrons. The molecule has 0 amide bonds. The number of isocyanates is 1. The Balaban J connectivity index is 2.36. The van der Waals surface area contributed by atoms with Crippen molar-refractivity contribution in [1.82, 2.24) is 0 Å². The van der Waals surface area contributed by atoms with Gasteiger partial charge < -0.3 is 0 Å². The molecule has 0 saturated heterocycles. The Labute approximate surface area is 77.6 Å². The molecule has 0 radical (unpaired) electrons. The van der Waals surface area contributed by atoms with E-state index in [4.69, 9.17) is 0 Å². The van der Waals surface area contributed by atoms with Crippen LogP contribution in [0.1, 0.15) is 12.0 Å². The molecule has 2 heteroatoms. The van der Waals surface area contributed by atoms with Gasteiger partial charge in [-0.25, -0.2) is 9.79 Å². The maximum Gasteiger partial charge on any atom is 0.234 e. The summed E-state index contributed by atoms with van der Waals surface area (Å²) in [5.74, 6) is 0. The van der Waals surface area contributed by atoms with Crippen LogP contribution in [-0.4, -0.2) is 12.6 Å². The molecule has 1 aromatic rings. The molecule has 0 unspecified atom stereocenters. The highest BCUT2D eigenvalue weighted by atomic mass is 16.1. The molecule has 0 aliphatic heterocycles. The number of nitrogens with zero attached hydrogens (tertiary/aromatic N) is 1. The van der Waals surface area contributed by atoms with Gasteiger partial charge >= 0.3 is 0 Å². The molecule has 1 aromatic carbocycles. The van der Waals surface area contributed by atoms with E-state index in [1.54, 1.807) is 0 Å². The Bertz CT molecular complexity index is 310. The molecule has 0 bridgehead atoms. The van der Waals surface area contributed by atoms with Gasteiger partial charge in [-0.15, -0.1) is 0 Å². The Kier molecular flexibility index (Phi) is 4.30. The van der Waals surface area contributed by atoms with Crippen molar-refractivity contribution in [2.75, 3.05) is 6.54 Å². The SMILES string of the molecule is O=C=NCC/C=C/c1ccccc1. The second-order valence-corrected chi connectivity index (χ2v) is 2.57. The smallest absolute Gasteiger partial charge is 0.211 e. The van der Waals surface area contributed by atoms with Crippen molar-refractivity contribution >= 4 is 12.2 Å². The normalized spacial score (nSPS) is 9.85. The zero-order valence-corrected chi connectivity index (χ0v) is 7.31. The van der Waals surface area contributed by atoms with Gasteiger partial charge in [-0.3, -0.25) is 0 Å².